The van der Waals surface area contributed by atoms with Crippen LogP contribution in [0.2, 0.25) is 0 Å². The van der Waals surface area contributed by atoms with Crippen molar-refractivity contribution in [3.05, 3.63) is 0 Å². The summed E-state index contributed by atoms with van der Waals surface area (Å²) < 4.78 is 43.0. The first-order valence-electron chi connectivity index (χ1n) is 13.8. The third-order valence-corrected chi connectivity index (χ3v) is 9.78. The van der Waals surface area contributed by atoms with Crippen molar-refractivity contribution in [2.45, 2.75) is 100 Å². The average molecular weight is 549 g/mol. The molecule has 4 saturated heterocycles. The van der Waals surface area contributed by atoms with Crippen LogP contribution >= 0.6 is 11.6 Å². The molecule has 4 unspecified atom stereocenters. The van der Waals surface area contributed by atoms with Gasteiger partial charge in [-0.2, -0.15) is 13.2 Å². The summed E-state index contributed by atoms with van der Waals surface area (Å²) in [6, 6.07) is -0.858. The number of carbonyl (C=O) groups is 2. The quantitative estimate of drug-likeness (QED) is 0.415. The van der Waals surface area contributed by atoms with Gasteiger partial charge in [0.15, 0.2) is 0 Å². The number of hydrazine groups is 1. The van der Waals surface area contributed by atoms with Gasteiger partial charge >= 0.3 is 6.18 Å². The highest BCUT2D eigenvalue weighted by molar-refractivity contribution is 6.20. The maximum atomic E-state index is 14.3. The Morgan fingerprint density at radius 2 is 1.78 bits per heavy atom. The number of hydrogen-bond acceptors (Lipinski definition) is 6. The van der Waals surface area contributed by atoms with E-state index in [1.54, 1.807) is 4.90 Å². The number of likely N-dealkylation sites (tertiary alicyclic amines) is 2. The highest BCUT2D eigenvalue weighted by atomic mass is 35.5. The van der Waals surface area contributed by atoms with Gasteiger partial charge in [-0.25, -0.2) is 10.4 Å². The van der Waals surface area contributed by atoms with Crippen LogP contribution in [0.15, 0.2) is 0 Å². The van der Waals surface area contributed by atoms with E-state index in [0.717, 1.165) is 37.3 Å². The van der Waals surface area contributed by atoms with Crippen LogP contribution in [0.4, 0.5) is 13.2 Å². The van der Waals surface area contributed by atoms with E-state index in [0.29, 0.717) is 50.7 Å². The van der Waals surface area contributed by atoms with Crippen molar-refractivity contribution in [1.82, 2.24) is 30.5 Å². The molecular weight excluding hydrogens is 509 g/mol. The summed E-state index contributed by atoms with van der Waals surface area (Å²) in [5.41, 5.74) is 3.32. The minimum atomic E-state index is -4.49. The van der Waals surface area contributed by atoms with Crippen LogP contribution in [-0.2, 0) is 9.59 Å². The molecule has 0 aromatic heterocycles. The fraction of sp³-hybridized carbons (Fsp3) is 0.920. The normalized spacial score (nSPS) is 38.2. The van der Waals surface area contributed by atoms with Crippen LogP contribution in [0, 0.1) is 11.8 Å². The van der Waals surface area contributed by atoms with Crippen LogP contribution in [-0.4, -0.2) is 107 Å². The van der Waals surface area contributed by atoms with Crippen LogP contribution < -0.4 is 10.7 Å². The van der Waals surface area contributed by atoms with Crippen molar-refractivity contribution in [2.75, 3.05) is 33.2 Å². The van der Waals surface area contributed by atoms with E-state index >= 15 is 0 Å². The number of nitrogens with zero attached hydrogens (tertiary/aromatic N) is 4. The Kier molecular flexibility index (Phi) is 8.00. The molecule has 4 heterocycles. The molecule has 0 aromatic rings. The number of hydrogen-bond donors (Lipinski definition) is 2. The van der Waals surface area contributed by atoms with Gasteiger partial charge in [-0.05, 0) is 57.4 Å². The topological polar surface area (TPSA) is 71.2 Å². The van der Waals surface area contributed by atoms with Crippen LogP contribution in [0.1, 0.15) is 58.3 Å². The van der Waals surface area contributed by atoms with E-state index < -0.39 is 30.0 Å². The summed E-state index contributed by atoms with van der Waals surface area (Å²) in [4.78, 5) is 29.7. The lowest BCUT2D eigenvalue weighted by Crippen LogP contribution is -2.70. The van der Waals surface area contributed by atoms with Gasteiger partial charge in [0.1, 0.15) is 6.04 Å². The molecule has 8 nitrogen and oxygen atoms in total. The van der Waals surface area contributed by atoms with Gasteiger partial charge in [-0.1, -0.05) is 0 Å². The van der Waals surface area contributed by atoms with Crippen LogP contribution in [0.5, 0.6) is 0 Å². The molecule has 0 spiro atoms. The summed E-state index contributed by atoms with van der Waals surface area (Å²) in [5, 5.41) is 5.89. The monoisotopic (exact) mass is 548 g/mol. The Hall–Kier alpha value is -1.14. The van der Waals surface area contributed by atoms with Gasteiger partial charge in [0, 0.05) is 58.2 Å². The number of rotatable bonds is 4. The minimum absolute atomic E-state index is 0.0733. The maximum absolute atomic E-state index is 14.3. The van der Waals surface area contributed by atoms with Gasteiger partial charge in [-0.3, -0.25) is 19.8 Å². The summed E-state index contributed by atoms with van der Waals surface area (Å²) >= 11 is 6.35. The van der Waals surface area contributed by atoms with E-state index in [-0.39, 0.29) is 30.2 Å². The lowest BCUT2D eigenvalue weighted by Gasteiger charge is -2.53. The molecule has 1 aliphatic carbocycles. The van der Waals surface area contributed by atoms with Gasteiger partial charge in [0.2, 0.25) is 11.8 Å². The number of carbonyl (C=O) groups excluding carboxylic acids is 2. The van der Waals surface area contributed by atoms with Crippen molar-refractivity contribution in [3.63, 3.8) is 0 Å². The lowest BCUT2D eigenvalue weighted by molar-refractivity contribution is -0.203. The largest absolute Gasteiger partial charge is 0.409 e. The smallest absolute Gasteiger partial charge is 0.342 e. The summed E-state index contributed by atoms with van der Waals surface area (Å²) in [6.45, 7) is 3.90. The molecule has 37 heavy (non-hydrogen) atoms. The zero-order chi connectivity index (χ0) is 26.5. The van der Waals surface area contributed by atoms with E-state index in [9.17, 15) is 22.8 Å². The number of alkyl halides is 4. The van der Waals surface area contributed by atoms with E-state index in [2.05, 4.69) is 20.7 Å². The molecule has 5 aliphatic rings. The van der Waals surface area contributed by atoms with Crippen molar-refractivity contribution in [2.24, 2.45) is 11.8 Å². The highest BCUT2D eigenvalue weighted by Gasteiger charge is 2.52. The first-order valence-corrected chi connectivity index (χ1v) is 14.2. The SMILES string of the molecule is CC(=O)N1CC[C@@H](C(=O)N(C)[C@@H](C2CCC(N3CCCC4C3CNC3CC(Cl)NN34)CC2)C(F)(F)F)C1. The molecule has 4 aliphatic heterocycles. The predicted molar refractivity (Wildman–Crippen MR) is 133 cm³/mol. The second kappa shape index (κ2) is 10.8. The van der Waals surface area contributed by atoms with Gasteiger partial charge in [-0.15, -0.1) is 11.6 Å². The zero-order valence-corrected chi connectivity index (χ0v) is 22.5. The van der Waals surface area contributed by atoms with E-state index in [4.69, 9.17) is 11.6 Å². The number of halogens is 4. The standard InChI is InChI=1S/C25H40ClF3N6O2/c1-15(36)33-11-9-17(14-33)24(37)32(2)23(25(27,28)29)16-5-7-18(8-6-16)34-10-3-4-19-20(34)13-30-22-12-21(26)31-35(19)22/h16-23,30-31H,3-14H2,1-2H3/t16?,17-,18?,19?,20?,21?,22?,23+/m1/s1. The van der Waals surface area contributed by atoms with Gasteiger partial charge < -0.3 is 9.80 Å². The summed E-state index contributed by atoms with van der Waals surface area (Å²) in [6.07, 6.45) is 1.51. The number of amides is 2. The van der Waals surface area contributed by atoms with Gasteiger partial charge in [0.25, 0.3) is 0 Å². The van der Waals surface area contributed by atoms with Crippen LogP contribution in [0.3, 0.4) is 0 Å². The molecule has 12 heteroatoms. The fourth-order valence-corrected chi connectivity index (χ4v) is 7.98. The molecule has 5 rings (SSSR count). The molecule has 0 radical (unpaired) electrons. The van der Waals surface area contributed by atoms with Crippen molar-refractivity contribution >= 4 is 23.4 Å². The molecule has 1 saturated carbocycles. The molecule has 6 atom stereocenters. The Labute approximate surface area is 222 Å². The number of nitrogens with one attached hydrogen (secondary N) is 2. The Bertz CT molecular complexity index is 857. The van der Waals surface area contributed by atoms with E-state index in [1.807, 2.05) is 0 Å². The molecule has 2 amide bonds. The Morgan fingerprint density at radius 3 is 2.43 bits per heavy atom. The summed E-state index contributed by atoms with van der Waals surface area (Å²) in [5.74, 6) is -1.81. The molecular formula is C25H40ClF3N6O2. The van der Waals surface area contributed by atoms with Crippen molar-refractivity contribution < 1.29 is 22.8 Å². The highest BCUT2D eigenvalue weighted by Crippen LogP contribution is 2.41. The van der Waals surface area contributed by atoms with Gasteiger partial charge in [0.05, 0.1) is 17.6 Å². The molecule has 2 N–H and O–H groups in total. The van der Waals surface area contributed by atoms with Crippen LogP contribution in [0.25, 0.3) is 0 Å². The predicted octanol–water partition coefficient (Wildman–Crippen LogP) is 2.34. The first kappa shape index (κ1) is 27.4. The third kappa shape index (κ3) is 5.48. The second-order valence-corrected chi connectivity index (χ2v) is 12.2. The number of piperidine rings is 1. The Balaban J connectivity index is 1.22. The van der Waals surface area contributed by atoms with E-state index in [1.165, 1.54) is 14.0 Å². The average Bonchev–Trinajstić information content (AvgIpc) is 3.49. The first-order chi connectivity index (χ1) is 17.5. The maximum Gasteiger partial charge on any atom is 0.409 e. The summed E-state index contributed by atoms with van der Waals surface area (Å²) in [7, 11) is 1.30. The fourth-order valence-electron chi connectivity index (χ4n) is 7.70. The lowest BCUT2D eigenvalue weighted by atomic mass is 9.78. The van der Waals surface area contributed by atoms with Crippen molar-refractivity contribution in [1.29, 1.82) is 0 Å². The number of fused-ring (bicyclic) bond motifs is 3. The minimum Gasteiger partial charge on any atom is -0.342 e. The molecule has 0 aromatic carbocycles. The molecule has 5 fully saturated rings. The third-order valence-electron chi connectivity index (χ3n) is 9.50. The molecule has 0 bridgehead atoms. The Morgan fingerprint density at radius 1 is 1.05 bits per heavy atom. The zero-order valence-electron chi connectivity index (χ0n) is 21.7. The second-order valence-electron chi connectivity index (χ2n) is 11.6. The molecule has 210 valence electrons. The van der Waals surface area contributed by atoms with Crippen molar-refractivity contribution in [3.8, 4) is 0 Å².